The second kappa shape index (κ2) is 7.97. The lowest BCUT2D eigenvalue weighted by atomic mass is 9.46. The number of hydrogen-bond acceptors (Lipinski definition) is 4. The summed E-state index contributed by atoms with van der Waals surface area (Å²) in [5.41, 5.74) is 2.52. The largest absolute Gasteiger partial charge is 0.427 e. The van der Waals surface area contributed by atoms with Gasteiger partial charge in [0, 0.05) is 13.8 Å². The summed E-state index contributed by atoms with van der Waals surface area (Å²) in [6.45, 7) is 14.4. The first kappa shape index (κ1) is 21.6. The standard InChI is InChI=1S/C25H34O4/c1-16-8-7-9-23-24(16,5)13-12-17(2)25(23,6)15-20-14-21(28-18(3)26)10-11-22(20)29-19(4)27/h10-11,14,17,23H,1,7-9,12-13,15H2,2-6H3. The Morgan fingerprint density at radius 1 is 1.14 bits per heavy atom. The molecule has 0 amide bonds. The highest BCUT2D eigenvalue weighted by Crippen LogP contribution is 2.62. The van der Waals surface area contributed by atoms with Crippen LogP contribution in [-0.2, 0) is 16.0 Å². The van der Waals surface area contributed by atoms with E-state index in [-0.39, 0.29) is 22.8 Å². The van der Waals surface area contributed by atoms with Crippen LogP contribution in [0.5, 0.6) is 11.5 Å². The van der Waals surface area contributed by atoms with Crippen molar-refractivity contribution in [1.29, 1.82) is 0 Å². The van der Waals surface area contributed by atoms with E-state index in [1.54, 1.807) is 12.1 Å². The van der Waals surface area contributed by atoms with Crippen LogP contribution >= 0.6 is 0 Å². The lowest BCUT2D eigenvalue weighted by molar-refractivity contribution is -0.133. The molecular formula is C25H34O4. The number of ether oxygens (including phenoxy) is 2. The van der Waals surface area contributed by atoms with E-state index in [0.717, 1.165) is 24.8 Å². The molecule has 2 saturated carbocycles. The number of carbonyl (C=O) groups excluding carboxylic acids is 2. The van der Waals surface area contributed by atoms with Crippen LogP contribution in [-0.4, -0.2) is 11.9 Å². The minimum absolute atomic E-state index is 0.0418. The van der Waals surface area contributed by atoms with Gasteiger partial charge in [-0.25, -0.2) is 0 Å². The maximum atomic E-state index is 11.7. The van der Waals surface area contributed by atoms with Gasteiger partial charge in [-0.05, 0) is 85.0 Å². The Bertz CT molecular complexity index is 826. The molecule has 0 radical (unpaired) electrons. The molecular weight excluding hydrogens is 364 g/mol. The van der Waals surface area contributed by atoms with Gasteiger partial charge in [0.1, 0.15) is 11.5 Å². The zero-order valence-electron chi connectivity index (χ0n) is 18.5. The fourth-order valence-electron chi connectivity index (χ4n) is 5.85. The zero-order valence-corrected chi connectivity index (χ0v) is 18.5. The maximum Gasteiger partial charge on any atom is 0.308 e. The first-order chi connectivity index (χ1) is 13.6. The average Bonchev–Trinajstić information content (AvgIpc) is 2.62. The summed E-state index contributed by atoms with van der Waals surface area (Å²) in [4.78, 5) is 23.1. The van der Waals surface area contributed by atoms with E-state index >= 15 is 0 Å². The highest BCUT2D eigenvalue weighted by atomic mass is 16.5. The molecule has 0 heterocycles. The van der Waals surface area contributed by atoms with Gasteiger partial charge in [-0.15, -0.1) is 0 Å². The smallest absolute Gasteiger partial charge is 0.308 e. The molecule has 3 rings (SSSR count). The van der Waals surface area contributed by atoms with E-state index in [0.29, 0.717) is 23.3 Å². The molecule has 0 N–H and O–H groups in total. The van der Waals surface area contributed by atoms with Crippen molar-refractivity contribution >= 4 is 11.9 Å². The number of fused-ring (bicyclic) bond motifs is 1. The molecule has 158 valence electrons. The van der Waals surface area contributed by atoms with E-state index in [1.165, 1.54) is 38.7 Å². The lowest BCUT2D eigenvalue weighted by Gasteiger charge is -2.59. The fraction of sp³-hybridized carbons (Fsp3) is 0.600. The molecule has 2 aliphatic rings. The van der Waals surface area contributed by atoms with Crippen molar-refractivity contribution < 1.29 is 19.1 Å². The summed E-state index contributed by atoms with van der Waals surface area (Å²) in [5, 5.41) is 0. The summed E-state index contributed by atoms with van der Waals surface area (Å²) < 4.78 is 10.8. The van der Waals surface area contributed by atoms with Crippen LogP contribution in [0.4, 0.5) is 0 Å². The van der Waals surface area contributed by atoms with E-state index in [2.05, 4.69) is 27.4 Å². The van der Waals surface area contributed by atoms with Crippen LogP contribution in [0.1, 0.15) is 72.3 Å². The van der Waals surface area contributed by atoms with Gasteiger partial charge in [-0.1, -0.05) is 32.9 Å². The van der Waals surface area contributed by atoms with Crippen molar-refractivity contribution in [3.05, 3.63) is 35.9 Å². The minimum atomic E-state index is -0.357. The van der Waals surface area contributed by atoms with Crippen LogP contribution in [0.25, 0.3) is 0 Å². The molecule has 1 aromatic carbocycles. The first-order valence-corrected chi connectivity index (χ1v) is 10.7. The van der Waals surface area contributed by atoms with Gasteiger partial charge in [0.15, 0.2) is 0 Å². The number of rotatable bonds is 4. The zero-order chi connectivity index (χ0) is 21.4. The fourth-order valence-corrected chi connectivity index (χ4v) is 5.85. The number of benzene rings is 1. The van der Waals surface area contributed by atoms with Crippen molar-refractivity contribution in [3.8, 4) is 11.5 Å². The minimum Gasteiger partial charge on any atom is -0.427 e. The van der Waals surface area contributed by atoms with Gasteiger partial charge in [0.2, 0.25) is 0 Å². The predicted octanol–water partition coefficient (Wildman–Crippen LogP) is 5.88. The Balaban J connectivity index is 2.01. The molecule has 0 aromatic heterocycles. The van der Waals surface area contributed by atoms with Crippen molar-refractivity contribution in [2.24, 2.45) is 22.7 Å². The van der Waals surface area contributed by atoms with Gasteiger partial charge < -0.3 is 9.47 Å². The third-order valence-electron chi connectivity index (χ3n) is 7.69. The number of hydrogen-bond donors (Lipinski definition) is 0. The molecule has 29 heavy (non-hydrogen) atoms. The molecule has 1 aromatic rings. The van der Waals surface area contributed by atoms with Crippen LogP contribution in [0, 0.1) is 22.7 Å². The molecule has 2 aliphatic carbocycles. The van der Waals surface area contributed by atoms with E-state index in [9.17, 15) is 9.59 Å². The topological polar surface area (TPSA) is 52.6 Å². The first-order valence-electron chi connectivity index (χ1n) is 10.7. The molecule has 4 atom stereocenters. The summed E-state index contributed by atoms with van der Waals surface area (Å²) >= 11 is 0. The van der Waals surface area contributed by atoms with E-state index in [4.69, 9.17) is 9.47 Å². The second-order valence-electron chi connectivity index (χ2n) is 9.54. The third kappa shape index (κ3) is 4.12. The summed E-state index contributed by atoms with van der Waals surface area (Å²) in [6.07, 6.45) is 6.64. The van der Waals surface area contributed by atoms with Gasteiger partial charge in [0.25, 0.3) is 0 Å². The summed E-state index contributed by atoms with van der Waals surface area (Å²) in [6, 6.07) is 5.29. The molecule has 4 unspecified atom stereocenters. The highest BCUT2D eigenvalue weighted by Gasteiger charge is 2.54. The maximum absolute atomic E-state index is 11.7. The summed E-state index contributed by atoms with van der Waals surface area (Å²) in [5.74, 6) is 1.42. The Hall–Kier alpha value is -2.10. The monoisotopic (exact) mass is 398 g/mol. The van der Waals surface area contributed by atoms with E-state index in [1.807, 2.05) is 6.07 Å². The molecule has 4 nitrogen and oxygen atoms in total. The number of esters is 2. The van der Waals surface area contributed by atoms with Gasteiger partial charge in [-0.3, -0.25) is 9.59 Å². The summed E-state index contributed by atoms with van der Waals surface area (Å²) in [7, 11) is 0. The Labute approximate surface area is 174 Å². The van der Waals surface area contributed by atoms with Crippen molar-refractivity contribution in [2.75, 3.05) is 0 Å². The SMILES string of the molecule is C=C1CCCC2C1(C)CCC(C)C2(C)Cc1cc(OC(C)=O)ccc1OC(C)=O. The third-order valence-corrected chi connectivity index (χ3v) is 7.69. The lowest BCUT2D eigenvalue weighted by Crippen LogP contribution is -2.51. The molecule has 4 heteroatoms. The van der Waals surface area contributed by atoms with Crippen molar-refractivity contribution in [2.45, 2.75) is 73.1 Å². The number of allylic oxidation sites excluding steroid dienone is 1. The van der Waals surface area contributed by atoms with Crippen LogP contribution in [0.15, 0.2) is 30.4 Å². The van der Waals surface area contributed by atoms with E-state index < -0.39 is 0 Å². The normalized spacial score (nSPS) is 31.7. The molecule has 0 spiro atoms. The van der Waals surface area contributed by atoms with Crippen LogP contribution < -0.4 is 9.47 Å². The Morgan fingerprint density at radius 3 is 2.48 bits per heavy atom. The molecule has 0 saturated heterocycles. The average molecular weight is 399 g/mol. The molecule has 2 fully saturated rings. The Morgan fingerprint density at radius 2 is 1.83 bits per heavy atom. The van der Waals surface area contributed by atoms with Crippen LogP contribution in [0.2, 0.25) is 0 Å². The van der Waals surface area contributed by atoms with Gasteiger partial charge in [-0.2, -0.15) is 0 Å². The van der Waals surface area contributed by atoms with Crippen molar-refractivity contribution in [3.63, 3.8) is 0 Å². The molecule has 0 aliphatic heterocycles. The highest BCUT2D eigenvalue weighted by molar-refractivity contribution is 5.71. The number of carbonyl (C=O) groups is 2. The van der Waals surface area contributed by atoms with Crippen LogP contribution in [0.3, 0.4) is 0 Å². The quantitative estimate of drug-likeness (QED) is 0.361. The van der Waals surface area contributed by atoms with Gasteiger partial charge >= 0.3 is 11.9 Å². The second-order valence-corrected chi connectivity index (χ2v) is 9.54. The van der Waals surface area contributed by atoms with Gasteiger partial charge in [0.05, 0.1) is 0 Å². The Kier molecular flexibility index (Phi) is 5.93. The molecule has 0 bridgehead atoms. The van der Waals surface area contributed by atoms with Crippen molar-refractivity contribution in [1.82, 2.24) is 0 Å². The predicted molar refractivity (Wildman–Crippen MR) is 114 cm³/mol.